The Labute approximate surface area is 153 Å². The first-order valence-corrected chi connectivity index (χ1v) is 10.4. The molecular formula is C17H24FN3O4S. The van der Waals surface area contributed by atoms with Gasteiger partial charge in [0.2, 0.25) is 16.4 Å². The largest absolute Gasteiger partial charge is 0.369 e. The molecule has 0 aromatic heterocycles. The fraction of sp³-hybridized carbons (Fsp3) is 0.588. The number of benzene rings is 1. The maximum absolute atomic E-state index is 13.1. The predicted octanol–water partition coefficient (Wildman–Crippen LogP) is 1.44. The molecule has 1 N–H and O–H groups in total. The summed E-state index contributed by atoms with van der Waals surface area (Å²) in [6.07, 6.45) is 2.76. The molecule has 1 aromatic carbocycles. The van der Waals surface area contributed by atoms with E-state index in [0.717, 1.165) is 18.5 Å². The molecule has 1 saturated heterocycles. The highest BCUT2D eigenvalue weighted by Crippen LogP contribution is 2.30. The summed E-state index contributed by atoms with van der Waals surface area (Å²) in [7, 11) is -3.62. The first-order chi connectivity index (χ1) is 12.4. The van der Waals surface area contributed by atoms with Gasteiger partial charge in [-0.05, 0) is 37.1 Å². The first-order valence-electron chi connectivity index (χ1n) is 8.85. The third-order valence-corrected chi connectivity index (χ3v) is 7.69. The summed E-state index contributed by atoms with van der Waals surface area (Å²) < 4.78 is 40.6. The molecule has 7 nitrogen and oxygen atoms in total. The lowest BCUT2D eigenvalue weighted by atomic mass is 9.95. The van der Waals surface area contributed by atoms with Crippen molar-refractivity contribution >= 4 is 22.1 Å². The third kappa shape index (κ3) is 3.84. The lowest BCUT2D eigenvalue weighted by Gasteiger charge is -2.40. The molecule has 26 heavy (non-hydrogen) atoms. The van der Waals surface area contributed by atoms with Gasteiger partial charge in [-0.25, -0.2) is 17.9 Å². The van der Waals surface area contributed by atoms with Gasteiger partial charge in [-0.2, -0.15) is 4.31 Å². The van der Waals surface area contributed by atoms with Crippen LogP contribution in [0.15, 0.2) is 24.3 Å². The Balaban J connectivity index is 1.68. The number of anilines is 1. The van der Waals surface area contributed by atoms with Crippen LogP contribution < -0.4 is 4.90 Å². The van der Waals surface area contributed by atoms with E-state index in [1.54, 1.807) is 12.1 Å². The summed E-state index contributed by atoms with van der Waals surface area (Å²) >= 11 is 0. The maximum atomic E-state index is 13.1. The minimum absolute atomic E-state index is 0.283. The van der Waals surface area contributed by atoms with Crippen LogP contribution >= 0.6 is 0 Å². The topological polar surface area (TPSA) is 81.2 Å². The number of hydrogen-bond acceptors (Lipinski definition) is 5. The van der Waals surface area contributed by atoms with Crippen molar-refractivity contribution in [2.45, 2.75) is 37.0 Å². The average Bonchev–Trinajstić information content (AvgIpc) is 2.68. The van der Waals surface area contributed by atoms with Crippen molar-refractivity contribution in [3.8, 4) is 0 Å². The molecule has 2 aliphatic rings. The Bertz CT molecular complexity index is 720. The van der Waals surface area contributed by atoms with Crippen molar-refractivity contribution in [3.63, 3.8) is 0 Å². The monoisotopic (exact) mass is 385 g/mol. The normalized spacial score (nSPS) is 25.1. The Morgan fingerprint density at radius 1 is 1.08 bits per heavy atom. The summed E-state index contributed by atoms with van der Waals surface area (Å²) in [4.78, 5) is 12.9. The number of amides is 1. The van der Waals surface area contributed by atoms with E-state index in [9.17, 15) is 22.8 Å². The molecule has 1 aromatic rings. The van der Waals surface area contributed by atoms with Crippen LogP contribution in [0.4, 0.5) is 10.1 Å². The van der Waals surface area contributed by atoms with Crippen molar-refractivity contribution in [1.82, 2.24) is 9.37 Å². The average molecular weight is 385 g/mol. The molecule has 1 heterocycles. The Hall–Kier alpha value is -1.71. The fourth-order valence-electron chi connectivity index (χ4n) is 3.85. The summed E-state index contributed by atoms with van der Waals surface area (Å²) in [5.74, 6) is -0.304. The highest BCUT2D eigenvalue weighted by Gasteiger charge is 2.42. The fourth-order valence-corrected chi connectivity index (χ4v) is 6.03. The van der Waals surface area contributed by atoms with Gasteiger partial charge in [0.25, 0.3) is 0 Å². The highest BCUT2D eigenvalue weighted by atomic mass is 32.2. The molecule has 0 radical (unpaired) electrons. The molecule has 2 fully saturated rings. The maximum Gasteiger partial charge on any atom is 0.233 e. The van der Waals surface area contributed by atoms with Crippen molar-refractivity contribution in [2.75, 3.05) is 31.1 Å². The zero-order valence-electron chi connectivity index (χ0n) is 14.5. The molecule has 2 atom stereocenters. The van der Waals surface area contributed by atoms with E-state index in [4.69, 9.17) is 0 Å². The zero-order valence-corrected chi connectivity index (χ0v) is 15.3. The van der Waals surface area contributed by atoms with E-state index in [1.165, 1.54) is 16.4 Å². The molecule has 1 aliphatic heterocycles. The Morgan fingerprint density at radius 2 is 1.69 bits per heavy atom. The van der Waals surface area contributed by atoms with Crippen molar-refractivity contribution in [3.05, 3.63) is 30.1 Å². The molecule has 0 bridgehead atoms. The van der Waals surface area contributed by atoms with Crippen LogP contribution in [-0.2, 0) is 14.8 Å². The van der Waals surface area contributed by atoms with E-state index in [-0.39, 0.29) is 12.2 Å². The number of hydrogen-bond donors (Lipinski definition) is 1. The lowest BCUT2D eigenvalue weighted by molar-refractivity contribution is -0.162. The Morgan fingerprint density at radius 3 is 2.31 bits per heavy atom. The number of halogens is 1. The smallest absolute Gasteiger partial charge is 0.233 e. The number of hydroxylamine groups is 2. The number of sulfonamides is 1. The molecule has 0 spiro atoms. The van der Waals surface area contributed by atoms with Gasteiger partial charge in [-0.1, -0.05) is 12.8 Å². The molecule has 144 valence electrons. The van der Waals surface area contributed by atoms with Gasteiger partial charge in [-0.3, -0.25) is 10.0 Å². The van der Waals surface area contributed by atoms with Crippen LogP contribution in [0.1, 0.15) is 25.7 Å². The number of carbonyl (C=O) groups is 1. The summed E-state index contributed by atoms with van der Waals surface area (Å²) in [6, 6.07) is 5.46. The number of nitrogens with zero attached hydrogens (tertiary/aromatic N) is 3. The predicted molar refractivity (Wildman–Crippen MR) is 94.8 cm³/mol. The minimum Gasteiger partial charge on any atom is -0.369 e. The van der Waals surface area contributed by atoms with E-state index in [1.807, 2.05) is 4.90 Å². The van der Waals surface area contributed by atoms with Crippen molar-refractivity contribution < 1.29 is 22.8 Å². The number of rotatable bonds is 5. The van der Waals surface area contributed by atoms with Gasteiger partial charge >= 0.3 is 0 Å². The summed E-state index contributed by atoms with van der Waals surface area (Å²) in [5, 5.41) is 9.51. The van der Waals surface area contributed by atoms with E-state index < -0.39 is 21.3 Å². The van der Waals surface area contributed by atoms with Gasteiger partial charge in [0.05, 0.1) is 11.3 Å². The number of carbonyl (C=O) groups excluding carboxylic acids is 1. The van der Waals surface area contributed by atoms with E-state index >= 15 is 0 Å². The van der Waals surface area contributed by atoms with Gasteiger partial charge in [-0.15, -0.1) is 0 Å². The molecule has 1 saturated carbocycles. The standard InChI is InChI=1S/C17H24FN3O4S/c18-14-5-7-15(8-6-14)19-9-11-20(12-10-19)26(24,25)17-4-2-1-3-16(17)21(23)13-22/h5-8,13,16-17,23H,1-4,9-12H2/t16-,17+/m0/s1. The van der Waals surface area contributed by atoms with Gasteiger partial charge in [0.1, 0.15) is 5.82 Å². The van der Waals surface area contributed by atoms with Crippen LogP contribution in [0.5, 0.6) is 0 Å². The third-order valence-electron chi connectivity index (χ3n) is 5.29. The second-order valence-corrected chi connectivity index (χ2v) is 8.93. The van der Waals surface area contributed by atoms with Gasteiger partial charge in [0.15, 0.2) is 0 Å². The minimum atomic E-state index is -3.62. The molecule has 1 amide bonds. The van der Waals surface area contributed by atoms with E-state index in [2.05, 4.69) is 0 Å². The molecule has 1 aliphatic carbocycles. The molecule has 9 heteroatoms. The number of piperazine rings is 1. The zero-order chi connectivity index (χ0) is 18.7. The van der Waals surface area contributed by atoms with Crippen molar-refractivity contribution in [2.24, 2.45) is 0 Å². The first kappa shape index (κ1) is 19.1. The summed E-state index contributed by atoms with van der Waals surface area (Å²) in [6.45, 7) is 1.68. The molecule has 0 unspecified atom stereocenters. The molecule has 3 rings (SSSR count). The lowest BCUT2D eigenvalue weighted by Crippen LogP contribution is -2.56. The molecular weight excluding hydrogens is 361 g/mol. The summed E-state index contributed by atoms with van der Waals surface area (Å²) in [5.41, 5.74) is 0.862. The SMILES string of the molecule is O=CN(O)[C@H]1CCCC[C@H]1S(=O)(=O)N1CCN(c2ccc(F)cc2)CC1. The second kappa shape index (κ2) is 7.89. The Kier molecular flexibility index (Phi) is 5.79. The van der Waals surface area contributed by atoms with Crippen LogP contribution in [0.3, 0.4) is 0 Å². The van der Waals surface area contributed by atoms with Crippen LogP contribution in [-0.4, -0.2) is 66.9 Å². The van der Waals surface area contributed by atoms with Crippen LogP contribution in [0, 0.1) is 5.82 Å². The van der Waals surface area contributed by atoms with Gasteiger partial charge < -0.3 is 4.90 Å². The van der Waals surface area contributed by atoms with Crippen LogP contribution in [0.2, 0.25) is 0 Å². The van der Waals surface area contributed by atoms with Crippen molar-refractivity contribution in [1.29, 1.82) is 0 Å². The highest BCUT2D eigenvalue weighted by molar-refractivity contribution is 7.89. The quantitative estimate of drug-likeness (QED) is 0.471. The van der Waals surface area contributed by atoms with E-state index in [0.29, 0.717) is 44.1 Å². The second-order valence-electron chi connectivity index (χ2n) is 6.78. The van der Waals surface area contributed by atoms with Gasteiger partial charge in [0, 0.05) is 31.9 Å². The van der Waals surface area contributed by atoms with Crippen LogP contribution in [0.25, 0.3) is 0 Å².